The number of carbonyl (C=O) groups excluding carboxylic acids is 2. The molecule has 2 heterocycles. The fraction of sp³-hybridized carbons (Fsp3) is 0.556. The van der Waals surface area contributed by atoms with E-state index in [1.165, 1.54) is 0 Å². The molecule has 2 saturated heterocycles. The number of nitrogens with zero attached hydrogens (tertiary/aromatic N) is 3. The average molecular weight is 436 g/mol. The summed E-state index contributed by atoms with van der Waals surface area (Å²) in [6.45, 7) is 6.90. The molecule has 9 heteroatoms. The van der Waals surface area contributed by atoms with E-state index in [-0.39, 0.29) is 24.2 Å². The van der Waals surface area contributed by atoms with Crippen LogP contribution in [0.2, 0.25) is 10.0 Å². The summed E-state index contributed by atoms with van der Waals surface area (Å²) in [6, 6.07) is 4.94. The van der Waals surface area contributed by atoms with E-state index < -0.39 is 0 Å². The second-order valence-electron chi connectivity index (χ2n) is 6.64. The number of hydrogen-bond donors (Lipinski definition) is 1. The maximum absolute atomic E-state index is 12.6. The highest BCUT2D eigenvalue weighted by atomic mass is 35.5. The van der Waals surface area contributed by atoms with Crippen molar-refractivity contribution < 1.29 is 9.59 Å². The van der Waals surface area contributed by atoms with Crippen LogP contribution in [0, 0.1) is 0 Å². The molecule has 0 aliphatic carbocycles. The molecule has 27 heavy (non-hydrogen) atoms. The molecule has 0 bridgehead atoms. The summed E-state index contributed by atoms with van der Waals surface area (Å²) in [5.74, 6) is 0.154. The first-order valence-corrected chi connectivity index (χ1v) is 9.75. The molecular formula is C18H25Cl3N4O2. The molecule has 2 aliphatic heterocycles. The van der Waals surface area contributed by atoms with Crippen molar-refractivity contribution in [3.8, 4) is 0 Å². The first kappa shape index (κ1) is 22.2. The molecule has 0 unspecified atom stereocenters. The fourth-order valence-electron chi connectivity index (χ4n) is 3.33. The number of benzene rings is 1. The Morgan fingerprint density at radius 2 is 1.63 bits per heavy atom. The van der Waals surface area contributed by atoms with Crippen LogP contribution in [-0.4, -0.2) is 85.4 Å². The average Bonchev–Trinajstić information content (AvgIpc) is 2.67. The van der Waals surface area contributed by atoms with Crippen molar-refractivity contribution in [2.24, 2.45) is 0 Å². The molecule has 1 aromatic carbocycles. The highest BCUT2D eigenvalue weighted by Gasteiger charge is 2.24. The normalized spacial score (nSPS) is 18.1. The van der Waals surface area contributed by atoms with Gasteiger partial charge in [0, 0.05) is 70.3 Å². The molecule has 1 N–H and O–H groups in total. The zero-order valence-electron chi connectivity index (χ0n) is 15.1. The summed E-state index contributed by atoms with van der Waals surface area (Å²) in [7, 11) is 0. The number of nitrogens with one attached hydrogen (secondary N) is 1. The largest absolute Gasteiger partial charge is 0.340 e. The van der Waals surface area contributed by atoms with Gasteiger partial charge in [-0.25, -0.2) is 0 Å². The van der Waals surface area contributed by atoms with E-state index in [4.69, 9.17) is 23.2 Å². The van der Waals surface area contributed by atoms with Crippen LogP contribution >= 0.6 is 35.6 Å². The lowest BCUT2D eigenvalue weighted by Gasteiger charge is -2.35. The molecule has 0 radical (unpaired) electrons. The molecular weight excluding hydrogens is 411 g/mol. The van der Waals surface area contributed by atoms with Crippen LogP contribution < -0.4 is 5.32 Å². The monoisotopic (exact) mass is 434 g/mol. The van der Waals surface area contributed by atoms with Crippen LogP contribution in [0.3, 0.4) is 0 Å². The predicted octanol–water partition coefficient (Wildman–Crippen LogP) is 1.99. The van der Waals surface area contributed by atoms with E-state index in [2.05, 4.69) is 10.2 Å². The van der Waals surface area contributed by atoms with E-state index in [1.807, 2.05) is 9.80 Å². The summed E-state index contributed by atoms with van der Waals surface area (Å²) < 4.78 is 0. The standard InChI is InChI=1S/C18H24Cl2N4O2.ClH/c19-14-1-2-15(16(20)13-14)18(26)24-11-9-22(10-12-24)6-3-17(25)23-7-4-21-5-8-23;/h1-2,13,21H,3-12H2;1H. The van der Waals surface area contributed by atoms with Crippen LogP contribution in [0.15, 0.2) is 18.2 Å². The van der Waals surface area contributed by atoms with Crippen LogP contribution in [0.25, 0.3) is 0 Å². The van der Waals surface area contributed by atoms with Crippen molar-refractivity contribution >= 4 is 47.4 Å². The first-order chi connectivity index (χ1) is 12.5. The van der Waals surface area contributed by atoms with Gasteiger partial charge in [-0.1, -0.05) is 23.2 Å². The van der Waals surface area contributed by atoms with Crippen LogP contribution in [0.5, 0.6) is 0 Å². The molecule has 2 aliphatic rings. The Bertz CT molecular complexity index is 660. The number of hydrogen-bond acceptors (Lipinski definition) is 4. The SMILES string of the molecule is Cl.O=C(CCN1CCN(C(=O)c2ccc(Cl)cc2Cl)CC1)N1CCNCC1. The molecule has 150 valence electrons. The zero-order valence-corrected chi connectivity index (χ0v) is 17.5. The maximum Gasteiger partial charge on any atom is 0.255 e. The van der Waals surface area contributed by atoms with Gasteiger partial charge in [-0.05, 0) is 18.2 Å². The van der Waals surface area contributed by atoms with Gasteiger partial charge >= 0.3 is 0 Å². The van der Waals surface area contributed by atoms with Crippen molar-refractivity contribution in [3.05, 3.63) is 33.8 Å². The smallest absolute Gasteiger partial charge is 0.255 e. The van der Waals surface area contributed by atoms with Gasteiger partial charge in [0.05, 0.1) is 10.6 Å². The second-order valence-corrected chi connectivity index (χ2v) is 7.48. The Morgan fingerprint density at radius 3 is 2.26 bits per heavy atom. The van der Waals surface area contributed by atoms with Crippen molar-refractivity contribution in [2.75, 3.05) is 58.9 Å². The van der Waals surface area contributed by atoms with Gasteiger partial charge in [0.25, 0.3) is 5.91 Å². The van der Waals surface area contributed by atoms with E-state index in [0.717, 1.165) is 45.8 Å². The van der Waals surface area contributed by atoms with Gasteiger partial charge < -0.3 is 15.1 Å². The topological polar surface area (TPSA) is 55.9 Å². The Balaban J connectivity index is 0.00000261. The zero-order chi connectivity index (χ0) is 18.5. The third-order valence-electron chi connectivity index (χ3n) is 4.93. The van der Waals surface area contributed by atoms with Gasteiger partial charge in [-0.3, -0.25) is 14.5 Å². The molecule has 0 atom stereocenters. The highest BCUT2D eigenvalue weighted by molar-refractivity contribution is 6.36. The van der Waals surface area contributed by atoms with Crippen LogP contribution in [-0.2, 0) is 4.79 Å². The molecule has 0 aromatic heterocycles. The molecule has 6 nitrogen and oxygen atoms in total. The summed E-state index contributed by atoms with van der Waals surface area (Å²) in [6.07, 6.45) is 0.539. The number of rotatable bonds is 4. The van der Waals surface area contributed by atoms with E-state index >= 15 is 0 Å². The lowest BCUT2D eigenvalue weighted by Crippen LogP contribution is -2.50. The maximum atomic E-state index is 12.6. The predicted molar refractivity (Wildman–Crippen MR) is 110 cm³/mol. The van der Waals surface area contributed by atoms with E-state index in [9.17, 15) is 9.59 Å². The van der Waals surface area contributed by atoms with Gasteiger partial charge in [-0.2, -0.15) is 0 Å². The minimum Gasteiger partial charge on any atom is -0.340 e. The van der Waals surface area contributed by atoms with Gasteiger partial charge in [0.2, 0.25) is 5.91 Å². The Labute approximate surface area is 176 Å². The number of carbonyl (C=O) groups is 2. The quantitative estimate of drug-likeness (QED) is 0.786. The van der Waals surface area contributed by atoms with Crippen LogP contribution in [0.1, 0.15) is 16.8 Å². The Morgan fingerprint density at radius 1 is 0.963 bits per heavy atom. The fourth-order valence-corrected chi connectivity index (χ4v) is 3.82. The van der Waals surface area contributed by atoms with Gasteiger partial charge in [-0.15, -0.1) is 12.4 Å². The highest BCUT2D eigenvalue weighted by Crippen LogP contribution is 2.22. The van der Waals surface area contributed by atoms with Crippen molar-refractivity contribution in [3.63, 3.8) is 0 Å². The minimum atomic E-state index is -0.0665. The molecule has 0 spiro atoms. The lowest BCUT2D eigenvalue weighted by atomic mass is 10.1. The molecule has 0 saturated carbocycles. The third-order valence-corrected chi connectivity index (χ3v) is 5.48. The minimum absolute atomic E-state index is 0. The second kappa shape index (κ2) is 10.5. The Hall–Kier alpha value is -1.05. The molecule has 1 aromatic rings. The lowest BCUT2D eigenvalue weighted by molar-refractivity contribution is -0.132. The first-order valence-electron chi connectivity index (χ1n) is 9.00. The number of halogens is 3. The molecule has 2 fully saturated rings. The van der Waals surface area contributed by atoms with Crippen molar-refractivity contribution in [1.29, 1.82) is 0 Å². The van der Waals surface area contributed by atoms with Crippen molar-refractivity contribution in [2.45, 2.75) is 6.42 Å². The number of amides is 2. The molecule has 2 amide bonds. The van der Waals surface area contributed by atoms with Gasteiger partial charge in [0.15, 0.2) is 0 Å². The molecule has 3 rings (SSSR count). The van der Waals surface area contributed by atoms with E-state index in [0.29, 0.717) is 35.1 Å². The Kier molecular flexibility index (Phi) is 8.63. The van der Waals surface area contributed by atoms with Crippen molar-refractivity contribution in [1.82, 2.24) is 20.0 Å². The third kappa shape index (κ3) is 5.96. The summed E-state index contributed by atoms with van der Waals surface area (Å²) in [5, 5.41) is 4.15. The van der Waals surface area contributed by atoms with E-state index in [1.54, 1.807) is 18.2 Å². The summed E-state index contributed by atoms with van der Waals surface area (Å²) in [4.78, 5) is 30.9. The number of piperazine rings is 2. The van der Waals surface area contributed by atoms with Gasteiger partial charge in [0.1, 0.15) is 0 Å². The summed E-state index contributed by atoms with van der Waals surface area (Å²) >= 11 is 12.0. The van der Waals surface area contributed by atoms with Crippen LogP contribution in [0.4, 0.5) is 0 Å². The summed E-state index contributed by atoms with van der Waals surface area (Å²) in [5.41, 5.74) is 0.485.